The number of hydrogen-bond donors (Lipinski definition) is 0. The van der Waals surface area contributed by atoms with E-state index in [1.54, 1.807) is 18.9 Å². The van der Waals surface area contributed by atoms with Crippen LogP contribution in [0.15, 0.2) is 70.3 Å². The van der Waals surface area contributed by atoms with Crippen LogP contribution in [0, 0.1) is 6.92 Å². The molecule has 2 aromatic rings. The predicted molar refractivity (Wildman–Crippen MR) is 134 cm³/mol. The van der Waals surface area contributed by atoms with E-state index in [-0.39, 0.29) is 18.3 Å². The summed E-state index contributed by atoms with van der Waals surface area (Å²) in [6.45, 7) is 7.96. The Morgan fingerprint density at radius 3 is 2.15 bits per heavy atom. The molecule has 172 valence electrons. The molecule has 2 aliphatic heterocycles. The van der Waals surface area contributed by atoms with Gasteiger partial charge in [0, 0.05) is 11.4 Å². The van der Waals surface area contributed by atoms with Crippen LogP contribution in [0.25, 0.3) is 0 Å². The van der Waals surface area contributed by atoms with Gasteiger partial charge in [0.2, 0.25) is 9.37 Å². The summed E-state index contributed by atoms with van der Waals surface area (Å²) in [7, 11) is 0. The maximum absolute atomic E-state index is 12.9. The van der Waals surface area contributed by atoms with Crippen molar-refractivity contribution >= 4 is 51.9 Å². The number of hydrogen-bond acceptors (Lipinski definition) is 9. The third-order valence-electron chi connectivity index (χ3n) is 5.07. The Morgan fingerprint density at radius 2 is 1.52 bits per heavy atom. The molecule has 0 unspecified atom stereocenters. The molecule has 2 aromatic carbocycles. The molecule has 1 atom stereocenters. The lowest BCUT2D eigenvalue weighted by Crippen LogP contribution is -2.49. The third-order valence-corrected chi connectivity index (χ3v) is 7.92. The number of carbonyl (C=O) groups excluding carboxylic acids is 2. The van der Waals surface area contributed by atoms with Crippen molar-refractivity contribution in [2.45, 2.75) is 32.0 Å². The fourth-order valence-corrected chi connectivity index (χ4v) is 6.57. The van der Waals surface area contributed by atoms with Crippen molar-refractivity contribution in [1.29, 1.82) is 0 Å². The van der Waals surface area contributed by atoms with Crippen LogP contribution in [0.2, 0.25) is 0 Å². The molecule has 0 fully saturated rings. The number of thioether (sulfide) groups is 2. The molecular weight excluding hydrogens is 458 g/mol. The molecule has 2 aliphatic rings. The topological polar surface area (TPSA) is 71.4 Å². The number of benzene rings is 2. The van der Waals surface area contributed by atoms with Crippen LogP contribution in [-0.2, 0) is 19.1 Å². The first kappa shape index (κ1) is 23.3. The number of esters is 2. The van der Waals surface area contributed by atoms with Gasteiger partial charge < -0.3 is 14.4 Å². The summed E-state index contributed by atoms with van der Waals surface area (Å²) in [5.74, 6) is -0.890. The number of nitrogens with zero attached hydrogens (tertiary/aromatic N) is 3. The molecule has 0 N–H and O–H groups in total. The van der Waals surface area contributed by atoms with Gasteiger partial charge in [-0.05, 0) is 63.7 Å². The highest BCUT2D eigenvalue weighted by molar-refractivity contribution is 8.29. The maximum atomic E-state index is 12.9. The van der Waals surface area contributed by atoms with E-state index in [2.05, 4.69) is 5.10 Å². The lowest BCUT2D eigenvalue weighted by atomic mass is 10.2. The van der Waals surface area contributed by atoms with Gasteiger partial charge in [-0.2, -0.15) is 5.10 Å². The number of anilines is 2. The van der Waals surface area contributed by atoms with Gasteiger partial charge in [-0.15, -0.1) is 0 Å². The normalized spacial score (nSPS) is 19.8. The van der Waals surface area contributed by atoms with E-state index < -0.39 is 16.3 Å². The van der Waals surface area contributed by atoms with Gasteiger partial charge in [0.1, 0.15) is 4.91 Å². The fraction of sp³-hybridized carbons (Fsp3) is 0.292. The number of ether oxygens (including phenoxy) is 2. The molecule has 1 spiro atoms. The van der Waals surface area contributed by atoms with Crippen molar-refractivity contribution < 1.29 is 19.1 Å². The van der Waals surface area contributed by atoms with Crippen LogP contribution >= 0.6 is 23.5 Å². The SMILES string of the molecule is CCOC(=O)C1=NN(c2ccc(C)cc2)[C@@]2(S1)SC(C(=O)OCC)=C(C)N2c1ccccc1. The minimum Gasteiger partial charge on any atom is -0.462 e. The zero-order valence-corrected chi connectivity index (χ0v) is 20.5. The van der Waals surface area contributed by atoms with E-state index in [1.165, 1.54) is 23.5 Å². The first-order chi connectivity index (χ1) is 15.9. The first-order valence-electron chi connectivity index (χ1n) is 10.6. The molecule has 4 rings (SSSR count). The van der Waals surface area contributed by atoms with Crippen molar-refractivity contribution in [3.8, 4) is 0 Å². The second kappa shape index (κ2) is 9.52. The molecular formula is C24H25N3O4S2. The van der Waals surface area contributed by atoms with Crippen LogP contribution < -0.4 is 9.91 Å². The minimum atomic E-state index is -0.981. The average Bonchev–Trinajstić information content (AvgIpc) is 3.33. The van der Waals surface area contributed by atoms with Crippen molar-refractivity contribution in [2.24, 2.45) is 5.10 Å². The number of rotatable bonds is 6. The molecule has 9 heteroatoms. The molecule has 0 bridgehead atoms. The zero-order valence-electron chi connectivity index (χ0n) is 18.9. The van der Waals surface area contributed by atoms with Gasteiger partial charge >= 0.3 is 11.9 Å². The highest BCUT2D eigenvalue weighted by atomic mass is 32.2. The second-order valence-corrected chi connectivity index (χ2v) is 9.93. The molecule has 0 amide bonds. The van der Waals surface area contributed by atoms with E-state index in [0.717, 1.165) is 22.6 Å². The number of hydrazone groups is 1. The maximum Gasteiger partial charge on any atom is 0.365 e. The third kappa shape index (κ3) is 4.22. The quantitative estimate of drug-likeness (QED) is 0.527. The van der Waals surface area contributed by atoms with Crippen molar-refractivity contribution in [3.63, 3.8) is 0 Å². The molecule has 7 nitrogen and oxygen atoms in total. The summed E-state index contributed by atoms with van der Waals surface area (Å²) >= 11 is 2.59. The molecule has 33 heavy (non-hydrogen) atoms. The molecule has 0 aromatic heterocycles. The van der Waals surface area contributed by atoms with Crippen LogP contribution in [0.3, 0.4) is 0 Å². The Balaban J connectivity index is 1.87. The molecule has 0 saturated carbocycles. The predicted octanol–water partition coefficient (Wildman–Crippen LogP) is 5.08. The Labute approximate surface area is 201 Å². The van der Waals surface area contributed by atoms with Gasteiger partial charge in [0.15, 0.2) is 0 Å². The minimum absolute atomic E-state index is 0.226. The number of allylic oxidation sites excluding steroid dienone is 1. The summed E-state index contributed by atoms with van der Waals surface area (Å²) in [5, 5.41) is 6.70. The van der Waals surface area contributed by atoms with Gasteiger partial charge in [0.25, 0.3) is 0 Å². The van der Waals surface area contributed by atoms with E-state index in [0.29, 0.717) is 4.91 Å². The summed E-state index contributed by atoms with van der Waals surface area (Å²) in [4.78, 5) is 28.1. The van der Waals surface area contributed by atoms with E-state index >= 15 is 0 Å². The van der Waals surface area contributed by atoms with E-state index in [9.17, 15) is 9.59 Å². The van der Waals surface area contributed by atoms with Crippen molar-refractivity contribution in [3.05, 3.63) is 70.8 Å². The van der Waals surface area contributed by atoms with Gasteiger partial charge in [-0.25, -0.2) is 14.6 Å². The van der Waals surface area contributed by atoms with Gasteiger partial charge in [-0.1, -0.05) is 47.7 Å². The lowest BCUT2D eigenvalue weighted by molar-refractivity contribution is -0.137. The highest BCUT2D eigenvalue weighted by Crippen LogP contribution is 2.60. The first-order valence-corrected chi connectivity index (χ1v) is 12.3. The molecule has 0 radical (unpaired) electrons. The Kier molecular flexibility index (Phi) is 6.71. The average molecular weight is 484 g/mol. The van der Waals surface area contributed by atoms with Crippen LogP contribution in [0.5, 0.6) is 0 Å². The number of aryl methyl sites for hydroxylation is 1. The van der Waals surface area contributed by atoms with Gasteiger partial charge in [-0.3, -0.25) is 0 Å². The molecule has 2 heterocycles. The molecule has 0 aliphatic carbocycles. The lowest BCUT2D eigenvalue weighted by Gasteiger charge is -2.41. The smallest absolute Gasteiger partial charge is 0.365 e. The summed E-state index contributed by atoms with van der Waals surface area (Å²) in [5.41, 5.74) is 3.50. The van der Waals surface area contributed by atoms with Crippen molar-refractivity contribution in [1.82, 2.24) is 0 Å². The van der Waals surface area contributed by atoms with E-state index in [1.807, 2.05) is 73.3 Å². The Morgan fingerprint density at radius 1 is 0.879 bits per heavy atom. The second-order valence-electron chi connectivity index (χ2n) is 7.33. The van der Waals surface area contributed by atoms with E-state index in [4.69, 9.17) is 9.47 Å². The van der Waals surface area contributed by atoms with Crippen molar-refractivity contribution in [2.75, 3.05) is 23.1 Å². The highest BCUT2D eigenvalue weighted by Gasteiger charge is 2.58. The van der Waals surface area contributed by atoms with Crippen LogP contribution in [0.1, 0.15) is 26.3 Å². The fourth-order valence-electron chi connectivity index (χ4n) is 3.62. The van der Waals surface area contributed by atoms with Gasteiger partial charge in [0.05, 0.1) is 18.9 Å². The summed E-state index contributed by atoms with van der Waals surface area (Å²) in [6.07, 6.45) is 0. The largest absolute Gasteiger partial charge is 0.462 e. The summed E-state index contributed by atoms with van der Waals surface area (Å²) in [6, 6.07) is 17.6. The Hall–Kier alpha value is -2.91. The number of para-hydroxylation sites is 1. The number of carbonyl (C=O) groups is 2. The standard InChI is InChI=1S/C24H25N3O4S2/c1-5-30-22(28)20-17(4)26(18-10-8-7-9-11-18)24(32-20)27(19-14-12-16(3)13-15-19)25-21(33-24)23(29)31-6-2/h7-15H,5-6H2,1-4H3/t24-/m1/s1. The van der Waals surface area contributed by atoms with Crippen LogP contribution in [-0.4, -0.2) is 34.5 Å². The zero-order chi connectivity index (χ0) is 23.6. The monoisotopic (exact) mass is 483 g/mol. The Bertz CT molecular complexity index is 1120. The summed E-state index contributed by atoms with van der Waals surface area (Å²) < 4.78 is 9.63. The molecule has 0 saturated heterocycles. The van der Waals surface area contributed by atoms with Crippen LogP contribution in [0.4, 0.5) is 11.4 Å².